The smallest absolute Gasteiger partial charge is 0.387 e. The van der Waals surface area contributed by atoms with E-state index >= 15 is 0 Å². The average Bonchev–Trinajstić information content (AvgIpc) is 2.79. The lowest BCUT2D eigenvalue weighted by Crippen LogP contribution is -2.15. The van der Waals surface area contributed by atoms with Crippen LogP contribution in [0.15, 0.2) is 30.5 Å². The Labute approximate surface area is 123 Å². The van der Waals surface area contributed by atoms with Crippen molar-refractivity contribution in [2.24, 2.45) is 7.05 Å². The number of rotatable bonds is 5. The predicted octanol–water partition coefficient (Wildman–Crippen LogP) is 1.97. The van der Waals surface area contributed by atoms with Gasteiger partial charge >= 0.3 is 12.6 Å². The van der Waals surface area contributed by atoms with Gasteiger partial charge in [0, 0.05) is 12.6 Å². The topological polar surface area (TPSA) is 93.5 Å². The van der Waals surface area contributed by atoms with E-state index in [9.17, 15) is 18.4 Å². The molecule has 0 atom stereocenters. The molecule has 2 rings (SSSR count). The number of amides is 1. The zero-order valence-corrected chi connectivity index (χ0v) is 11.3. The molecule has 9 heteroatoms. The molecule has 22 heavy (non-hydrogen) atoms. The van der Waals surface area contributed by atoms with Crippen molar-refractivity contribution in [3.05, 3.63) is 41.7 Å². The highest BCUT2D eigenvalue weighted by Crippen LogP contribution is 2.19. The highest BCUT2D eigenvalue weighted by molar-refractivity contribution is 6.07. The van der Waals surface area contributed by atoms with Gasteiger partial charge in [-0.2, -0.15) is 13.9 Å². The number of alkyl halides is 2. The van der Waals surface area contributed by atoms with Crippen LogP contribution >= 0.6 is 0 Å². The molecule has 0 fully saturated rings. The van der Waals surface area contributed by atoms with Gasteiger partial charge in [0.2, 0.25) is 0 Å². The molecule has 1 aromatic heterocycles. The Morgan fingerprint density at radius 2 is 2.14 bits per heavy atom. The molecule has 2 aromatic rings. The van der Waals surface area contributed by atoms with E-state index < -0.39 is 18.5 Å². The molecule has 0 saturated carbocycles. The minimum Gasteiger partial charge on any atom is -0.476 e. The number of hydrogen-bond donors (Lipinski definition) is 2. The first-order valence-electron chi connectivity index (χ1n) is 6.00. The van der Waals surface area contributed by atoms with Crippen molar-refractivity contribution >= 4 is 17.6 Å². The summed E-state index contributed by atoms with van der Waals surface area (Å²) in [5.41, 5.74) is -0.160. The van der Waals surface area contributed by atoms with E-state index in [1.54, 1.807) is 0 Å². The maximum Gasteiger partial charge on any atom is 0.387 e. The van der Waals surface area contributed by atoms with Gasteiger partial charge in [-0.3, -0.25) is 9.48 Å². The standard InChI is InChI=1S/C13H11F2N3O4/c1-18-10(12(20)21)9(6-16-18)17-11(19)7-3-2-4-8(5-7)22-13(14)15/h2-6,13H,1H3,(H,17,19)(H,20,21). The van der Waals surface area contributed by atoms with Crippen LogP contribution in [-0.2, 0) is 7.05 Å². The molecule has 0 aliphatic carbocycles. The SMILES string of the molecule is Cn1ncc(NC(=O)c2cccc(OC(F)F)c2)c1C(=O)O. The van der Waals surface area contributed by atoms with Crippen LogP contribution in [-0.4, -0.2) is 33.4 Å². The average molecular weight is 311 g/mol. The van der Waals surface area contributed by atoms with E-state index in [0.717, 1.165) is 10.7 Å². The predicted molar refractivity (Wildman–Crippen MR) is 71.2 cm³/mol. The number of benzene rings is 1. The zero-order valence-electron chi connectivity index (χ0n) is 11.3. The fraction of sp³-hybridized carbons (Fsp3) is 0.154. The molecule has 0 saturated heterocycles. The lowest BCUT2D eigenvalue weighted by atomic mass is 10.2. The third-order valence-corrected chi connectivity index (χ3v) is 2.71. The number of aromatic carboxylic acids is 1. The molecule has 0 unspecified atom stereocenters. The Morgan fingerprint density at radius 1 is 1.41 bits per heavy atom. The van der Waals surface area contributed by atoms with Crippen molar-refractivity contribution in [2.75, 3.05) is 5.32 Å². The van der Waals surface area contributed by atoms with Crippen LogP contribution in [0.1, 0.15) is 20.8 Å². The second-order valence-electron chi connectivity index (χ2n) is 4.20. The fourth-order valence-electron chi connectivity index (χ4n) is 1.79. The molecule has 0 aliphatic rings. The van der Waals surface area contributed by atoms with Gasteiger partial charge in [-0.25, -0.2) is 4.79 Å². The fourth-order valence-corrected chi connectivity index (χ4v) is 1.79. The number of aryl methyl sites for hydroxylation is 1. The van der Waals surface area contributed by atoms with Gasteiger partial charge in [-0.1, -0.05) is 6.07 Å². The lowest BCUT2D eigenvalue weighted by Gasteiger charge is -2.07. The summed E-state index contributed by atoms with van der Waals surface area (Å²) in [6.07, 6.45) is 1.18. The maximum atomic E-state index is 12.1. The summed E-state index contributed by atoms with van der Waals surface area (Å²) in [6, 6.07) is 5.15. The number of aromatic nitrogens is 2. The highest BCUT2D eigenvalue weighted by atomic mass is 19.3. The van der Waals surface area contributed by atoms with Crippen molar-refractivity contribution in [1.82, 2.24) is 9.78 Å². The number of ether oxygens (including phenoxy) is 1. The Hall–Kier alpha value is -2.97. The second-order valence-corrected chi connectivity index (χ2v) is 4.20. The minimum absolute atomic E-state index is 0.000168. The van der Waals surface area contributed by atoms with E-state index in [1.165, 1.54) is 31.4 Å². The van der Waals surface area contributed by atoms with Crippen molar-refractivity contribution < 1.29 is 28.2 Å². The number of nitrogens with one attached hydrogen (secondary N) is 1. The minimum atomic E-state index is -3.00. The summed E-state index contributed by atoms with van der Waals surface area (Å²) in [4.78, 5) is 23.1. The molecule has 7 nitrogen and oxygen atoms in total. The molecule has 0 spiro atoms. The van der Waals surface area contributed by atoms with E-state index in [-0.39, 0.29) is 22.7 Å². The quantitative estimate of drug-likeness (QED) is 0.880. The third kappa shape index (κ3) is 3.37. The highest BCUT2D eigenvalue weighted by Gasteiger charge is 2.18. The Kier molecular flexibility index (Phi) is 4.35. The molecule has 0 aliphatic heterocycles. The summed E-state index contributed by atoms with van der Waals surface area (Å²) < 4.78 is 29.6. The zero-order chi connectivity index (χ0) is 16.3. The van der Waals surface area contributed by atoms with E-state index in [4.69, 9.17) is 5.11 Å². The van der Waals surface area contributed by atoms with Gasteiger partial charge in [0.1, 0.15) is 5.75 Å². The number of halogens is 2. The van der Waals surface area contributed by atoms with E-state index in [1.807, 2.05) is 0 Å². The molecule has 0 bridgehead atoms. The van der Waals surface area contributed by atoms with Gasteiger partial charge in [-0.05, 0) is 18.2 Å². The maximum absolute atomic E-state index is 12.1. The number of hydrogen-bond acceptors (Lipinski definition) is 4. The number of carbonyl (C=O) groups excluding carboxylic acids is 1. The Morgan fingerprint density at radius 3 is 2.77 bits per heavy atom. The first-order chi connectivity index (χ1) is 10.4. The van der Waals surface area contributed by atoms with Crippen molar-refractivity contribution in [3.63, 3.8) is 0 Å². The third-order valence-electron chi connectivity index (χ3n) is 2.71. The van der Waals surface area contributed by atoms with Crippen LogP contribution in [0.5, 0.6) is 5.75 Å². The van der Waals surface area contributed by atoms with Gasteiger partial charge in [0.05, 0.1) is 11.9 Å². The largest absolute Gasteiger partial charge is 0.476 e. The first kappa shape index (κ1) is 15.4. The van der Waals surface area contributed by atoms with E-state index in [2.05, 4.69) is 15.2 Å². The number of carboxylic acids is 1. The Balaban J connectivity index is 2.21. The second kappa shape index (κ2) is 6.20. The summed E-state index contributed by atoms with van der Waals surface area (Å²) in [6.45, 7) is -3.00. The summed E-state index contributed by atoms with van der Waals surface area (Å²) in [5.74, 6) is -2.10. The van der Waals surface area contributed by atoms with Crippen LogP contribution in [0.2, 0.25) is 0 Å². The number of nitrogens with zero attached hydrogens (tertiary/aromatic N) is 2. The van der Waals surface area contributed by atoms with Crippen LogP contribution in [0.3, 0.4) is 0 Å². The molecule has 0 radical (unpaired) electrons. The summed E-state index contributed by atoms with van der Waals surface area (Å²) in [5, 5.41) is 15.1. The van der Waals surface area contributed by atoms with Crippen molar-refractivity contribution in [2.45, 2.75) is 6.61 Å². The molecule has 1 heterocycles. The Bertz CT molecular complexity index is 715. The van der Waals surface area contributed by atoms with Gasteiger partial charge in [0.25, 0.3) is 5.91 Å². The molecule has 2 N–H and O–H groups in total. The van der Waals surface area contributed by atoms with Gasteiger partial charge in [0.15, 0.2) is 5.69 Å². The normalized spacial score (nSPS) is 10.5. The summed E-state index contributed by atoms with van der Waals surface area (Å²) >= 11 is 0. The first-order valence-corrected chi connectivity index (χ1v) is 6.00. The van der Waals surface area contributed by atoms with Gasteiger partial charge < -0.3 is 15.2 Å². The van der Waals surface area contributed by atoms with Gasteiger partial charge in [-0.15, -0.1) is 0 Å². The van der Waals surface area contributed by atoms with Crippen LogP contribution in [0, 0.1) is 0 Å². The molecule has 1 amide bonds. The van der Waals surface area contributed by atoms with Crippen LogP contribution in [0.25, 0.3) is 0 Å². The van der Waals surface area contributed by atoms with E-state index in [0.29, 0.717) is 0 Å². The molecular formula is C13H11F2N3O4. The number of carbonyl (C=O) groups is 2. The lowest BCUT2D eigenvalue weighted by molar-refractivity contribution is -0.0498. The van der Waals surface area contributed by atoms with Crippen molar-refractivity contribution in [1.29, 1.82) is 0 Å². The number of anilines is 1. The molecule has 1 aromatic carbocycles. The van der Waals surface area contributed by atoms with Crippen molar-refractivity contribution in [3.8, 4) is 5.75 Å². The van der Waals surface area contributed by atoms with Crippen LogP contribution < -0.4 is 10.1 Å². The number of carboxylic acid groups (broad SMARTS) is 1. The molecular weight excluding hydrogens is 300 g/mol. The monoisotopic (exact) mass is 311 g/mol. The molecule has 116 valence electrons. The summed E-state index contributed by atoms with van der Waals surface area (Å²) in [7, 11) is 1.41. The van der Waals surface area contributed by atoms with Crippen LogP contribution in [0.4, 0.5) is 14.5 Å².